The SMILES string of the molecule is Cn1nc2n(c1=O)CCN(CCCCO)C2. The van der Waals surface area contributed by atoms with Gasteiger partial charge in [-0.15, -0.1) is 0 Å². The van der Waals surface area contributed by atoms with Crippen LogP contribution in [0.3, 0.4) is 0 Å². The summed E-state index contributed by atoms with van der Waals surface area (Å²) >= 11 is 0. The molecule has 0 amide bonds. The number of aliphatic hydroxyl groups excluding tert-OH is 1. The number of aryl methyl sites for hydroxylation is 1. The Morgan fingerprint density at radius 2 is 2.19 bits per heavy atom. The van der Waals surface area contributed by atoms with Gasteiger partial charge in [-0.05, 0) is 19.4 Å². The van der Waals surface area contributed by atoms with Crippen molar-refractivity contribution >= 4 is 0 Å². The summed E-state index contributed by atoms with van der Waals surface area (Å²) in [6.45, 7) is 3.57. The second kappa shape index (κ2) is 4.80. The van der Waals surface area contributed by atoms with E-state index in [1.54, 1.807) is 11.6 Å². The molecular weight excluding hydrogens is 208 g/mol. The molecule has 0 fully saturated rings. The van der Waals surface area contributed by atoms with Crippen molar-refractivity contribution in [2.75, 3.05) is 19.7 Å². The Kier molecular flexibility index (Phi) is 3.40. The molecule has 1 aromatic rings. The Hall–Kier alpha value is -1.14. The molecule has 0 aromatic carbocycles. The van der Waals surface area contributed by atoms with Gasteiger partial charge in [-0.1, -0.05) is 0 Å². The van der Waals surface area contributed by atoms with Crippen molar-refractivity contribution in [1.29, 1.82) is 0 Å². The van der Waals surface area contributed by atoms with Crippen molar-refractivity contribution in [3.8, 4) is 0 Å². The van der Waals surface area contributed by atoms with Gasteiger partial charge in [-0.3, -0.25) is 9.47 Å². The summed E-state index contributed by atoms with van der Waals surface area (Å²) in [5.74, 6) is 0.850. The smallest absolute Gasteiger partial charge is 0.345 e. The topological polar surface area (TPSA) is 63.3 Å². The van der Waals surface area contributed by atoms with Gasteiger partial charge in [0.2, 0.25) is 0 Å². The van der Waals surface area contributed by atoms with Crippen LogP contribution in [-0.4, -0.2) is 44.1 Å². The highest BCUT2D eigenvalue weighted by Gasteiger charge is 2.19. The molecule has 2 heterocycles. The highest BCUT2D eigenvalue weighted by molar-refractivity contribution is 4.91. The van der Waals surface area contributed by atoms with Crippen LogP contribution in [0.15, 0.2) is 4.79 Å². The van der Waals surface area contributed by atoms with Gasteiger partial charge in [0.15, 0.2) is 0 Å². The highest BCUT2D eigenvalue weighted by Crippen LogP contribution is 2.08. The molecule has 1 aromatic heterocycles. The molecule has 0 spiro atoms. The average molecular weight is 226 g/mol. The number of hydrogen-bond acceptors (Lipinski definition) is 4. The maximum Gasteiger partial charge on any atom is 0.345 e. The molecule has 0 unspecified atom stereocenters. The molecule has 0 aliphatic carbocycles. The Balaban J connectivity index is 1.98. The van der Waals surface area contributed by atoms with Crippen molar-refractivity contribution in [2.45, 2.75) is 25.9 Å². The number of rotatable bonds is 4. The van der Waals surface area contributed by atoms with Crippen LogP contribution in [0.2, 0.25) is 0 Å². The van der Waals surface area contributed by atoms with Crippen molar-refractivity contribution in [1.82, 2.24) is 19.2 Å². The van der Waals surface area contributed by atoms with Gasteiger partial charge in [-0.2, -0.15) is 5.10 Å². The zero-order chi connectivity index (χ0) is 11.5. The molecule has 1 aliphatic rings. The summed E-state index contributed by atoms with van der Waals surface area (Å²) in [4.78, 5) is 13.9. The molecule has 0 saturated carbocycles. The minimum absolute atomic E-state index is 0.0231. The fourth-order valence-electron chi connectivity index (χ4n) is 2.06. The predicted molar refractivity (Wildman–Crippen MR) is 59.1 cm³/mol. The van der Waals surface area contributed by atoms with Crippen molar-refractivity contribution < 1.29 is 5.11 Å². The van der Waals surface area contributed by atoms with Crippen LogP contribution < -0.4 is 5.69 Å². The second-order valence-corrected chi connectivity index (χ2v) is 4.18. The van der Waals surface area contributed by atoms with E-state index in [-0.39, 0.29) is 12.3 Å². The fraction of sp³-hybridized carbons (Fsp3) is 0.800. The number of unbranched alkanes of at least 4 members (excludes halogenated alkanes) is 1. The van der Waals surface area contributed by atoms with Gasteiger partial charge in [0.05, 0.1) is 6.54 Å². The van der Waals surface area contributed by atoms with Crippen LogP contribution in [0.5, 0.6) is 0 Å². The average Bonchev–Trinajstić information content (AvgIpc) is 2.55. The molecule has 16 heavy (non-hydrogen) atoms. The number of aromatic nitrogens is 3. The lowest BCUT2D eigenvalue weighted by molar-refractivity contribution is 0.201. The molecule has 0 atom stereocenters. The van der Waals surface area contributed by atoms with Gasteiger partial charge in [-0.25, -0.2) is 9.48 Å². The molecule has 6 heteroatoms. The van der Waals surface area contributed by atoms with Gasteiger partial charge >= 0.3 is 5.69 Å². The molecular formula is C10H18N4O2. The number of aliphatic hydroxyl groups is 1. The zero-order valence-corrected chi connectivity index (χ0v) is 9.59. The van der Waals surface area contributed by atoms with E-state index in [1.165, 1.54) is 4.68 Å². The first-order valence-electron chi connectivity index (χ1n) is 5.68. The summed E-state index contributed by atoms with van der Waals surface area (Å²) in [6.07, 6.45) is 1.83. The van der Waals surface area contributed by atoms with E-state index in [1.807, 2.05) is 0 Å². The highest BCUT2D eigenvalue weighted by atomic mass is 16.2. The van der Waals surface area contributed by atoms with Crippen molar-refractivity contribution in [2.24, 2.45) is 7.05 Å². The first-order valence-corrected chi connectivity index (χ1v) is 5.68. The van der Waals surface area contributed by atoms with Gasteiger partial charge in [0.25, 0.3) is 0 Å². The van der Waals surface area contributed by atoms with Crippen LogP contribution in [0.1, 0.15) is 18.7 Å². The van der Waals surface area contributed by atoms with Crippen LogP contribution in [-0.2, 0) is 20.1 Å². The summed E-state index contributed by atoms with van der Waals surface area (Å²) in [5, 5.41) is 12.9. The van der Waals surface area contributed by atoms with E-state index >= 15 is 0 Å². The molecule has 0 bridgehead atoms. The summed E-state index contributed by atoms with van der Waals surface area (Å²) in [7, 11) is 1.68. The Morgan fingerprint density at radius 1 is 1.38 bits per heavy atom. The lowest BCUT2D eigenvalue weighted by atomic mass is 10.2. The van der Waals surface area contributed by atoms with Crippen molar-refractivity contribution in [3.63, 3.8) is 0 Å². The maximum absolute atomic E-state index is 11.6. The zero-order valence-electron chi connectivity index (χ0n) is 9.59. The number of nitrogens with zero attached hydrogens (tertiary/aromatic N) is 4. The second-order valence-electron chi connectivity index (χ2n) is 4.18. The molecule has 2 rings (SSSR count). The van der Waals surface area contributed by atoms with E-state index < -0.39 is 0 Å². The lowest BCUT2D eigenvalue weighted by Gasteiger charge is -2.26. The largest absolute Gasteiger partial charge is 0.396 e. The van der Waals surface area contributed by atoms with Gasteiger partial charge in [0.1, 0.15) is 5.82 Å². The number of fused-ring (bicyclic) bond motifs is 1. The first kappa shape index (κ1) is 11.3. The molecule has 1 N–H and O–H groups in total. The third-order valence-corrected chi connectivity index (χ3v) is 2.97. The molecule has 1 aliphatic heterocycles. The van der Waals surface area contributed by atoms with Crippen molar-refractivity contribution in [3.05, 3.63) is 16.3 Å². The molecule has 90 valence electrons. The molecule has 6 nitrogen and oxygen atoms in total. The minimum Gasteiger partial charge on any atom is -0.396 e. The van der Waals surface area contributed by atoms with Gasteiger partial charge < -0.3 is 5.11 Å². The Bertz CT molecular complexity index is 409. The van der Waals surface area contributed by atoms with Gasteiger partial charge in [0, 0.05) is 26.7 Å². The van der Waals surface area contributed by atoms with Crippen LogP contribution in [0.25, 0.3) is 0 Å². The summed E-state index contributed by atoms with van der Waals surface area (Å²) < 4.78 is 3.13. The fourth-order valence-corrected chi connectivity index (χ4v) is 2.06. The van der Waals surface area contributed by atoms with Crippen LogP contribution in [0, 0.1) is 0 Å². The minimum atomic E-state index is -0.0231. The van der Waals surface area contributed by atoms with E-state index in [9.17, 15) is 4.79 Å². The normalized spacial score (nSPS) is 16.4. The standard InChI is InChI=1S/C10H18N4O2/c1-12-10(16)14-6-5-13(4-2-3-7-15)8-9(14)11-12/h15H,2-8H2,1H3. The van der Waals surface area contributed by atoms with Crippen LogP contribution >= 0.6 is 0 Å². The molecule has 0 radical (unpaired) electrons. The van der Waals surface area contributed by atoms with E-state index in [0.717, 1.165) is 44.8 Å². The third kappa shape index (κ3) is 2.17. The monoisotopic (exact) mass is 226 g/mol. The molecule has 0 saturated heterocycles. The van der Waals surface area contributed by atoms with E-state index in [0.29, 0.717) is 0 Å². The summed E-state index contributed by atoms with van der Waals surface area (Å²) in [6, 6.07) is 0. The summed E-state index contributed by atoms with van der Waals surface area (Å²) in [5.41, 5.74) is -0.0231. The Labute approximate surface area is 94.1 Å². The van der Waals surface area contributed by atoms with E-state index in [2.05, 4.69) is 10.00 Å². The third-order valence-electron chi connectivity index (χ3n) is 2.97. The number of hydrogen-bond donors (Lipinski definition) is 1. The Morgan fingerprint density at radius 3 is 2.94 bits per heavy atom. The van der Waals surface area contributed by atoms with E-state index in [4.69, 9.17) is 5.11 Å². The van der Waals surface area contributed by atoms with Crippen LogP contribution in [0.4, 0.5) is 0 Å². The predicted octanol–water partition coefficient (Wildman–Crippen LogP) is -0.830. The maximum atomic E-state index is 11.6. The lowest BCUT2D eigenvalue weighted by Crippen LogP contribution is -2.38. The first-order chi connectivity index (χ1) is 7.72. The quantitative estimate of drug-likeness (QED) is 0.681.